The molecule has 3 nitrogen and oxygen atoms in total. The molecular formula is C16H21BrN2O. The molecule has 0 radical (unpaired) electrons. The first-order valence-corrected chi connectivity index (χ1v) is 8.20. The van der Waals surface area contributed by atoms with Gasteiger partial charge in [0.1, 0.15) is 0 Å². The minimum atomic E-state index is 0.117. The van der Waals surface area contributed by atoms with E-state index in [1.807, 2.05) is 12.1 Å². The number of hydrogen-bond acceptors (Lipinski definition) is 3. The Bertz CT molecular complexity index is 505. The molecule has 1 aromatic rings. The first-order valence-electron chi connectivity index (χ1n) is 7.41. The van der Waals surface area contributed by atoms with Crippen molar-refractivity contribution < 1.29 is 4.79 Å². The van der Waals surface area contributed by atoms with Gasteiger partial charge < -0.3 is 4.90 Å². The predicted molar refractivity (Wildman–Crippen MR) is 85.5 cm³/mol. The van der Waals surface area contributed by atoms with Gasteiger partial charge >= 0.3 is 0 Å². The van der Waals surface area contributed by atoms with Crippen LogP contribution in [0.1, 0.15) is 30.1 Å². The van der Waals surface area contributed by atoms with E-state index in [1.165, 1.54) is 25.1 Å². The smallest absolute Gasteiger partial charge is 0.159 e. The van der Waals surface area contributed by atoms with Gasteiger partial charge in [0.2, 0.25) is 0 Å². The molecule has 1 aromatic carbocycles. The standard InChI is InChI=1S/C16H21BrN2O/c1-12(20)14-4-5-16(15(17)10-14)19-8-6-18(7-9-19)11-13-2-3-13/h4-5,10,13H,2-3,6-9,11H2,1H3. The Balaban J connectivity index is 1.63. The first-order chi connectivity index (χ1) is 9.63. The van der Waals surface area contributed by atoms with E-state index >= 15 is 0 Å². The summed E-state index contributed by atoms with van der Waals surface area (Å²) in [4.78, 5) is 16.4. The Kier molecular flexibility index (Phi) is 4.13. The second kappa shape index (κ2) is 5.86. The number of ketones is 1. The SMILES string of the molecule is CC(=O)c1ccc(N2CCN(CC3CC3)CC2)c(Br)c1. The molecule has 20 heavy (non-hydrogen) atoms. The lowest BCUT2D eigenvalue weighted by molar-refractivity contribution is 0.101. The molecule has 108 valence electrons. The molecule has 2 fully saturated rings. The van der Waals surface area contributed by atoms with E-state index in [-0.39, 0.29) is 5.78 Å². The van der Waals surface area contributed by atoms with Crippen LogP contribution in [0.15, 0.2) is 22.7 Å². The molecule has 1 saturated carbocycles. The lowest BCUT2D eigenvalue weighted by Gasteiger charge is -2.36. The molecule has 3 rings (SSSR count). The van der Waals surface area contributed by atoms with E-state index in [2.05, 4.69) is 31.8 Å². The summed E-state index contributed by atoms with van der Waals surface area (Å²) in [6.07, 6.45) is 2.86. The minimum absolute atomic E-state index is 0.117. The molecule has 0 amide bonds. The third-order valence-electron chi connectivity index (χ3n) is 4.28. The van der Waals surface area contributed by atoms with Crippen LogP contribution < -0.4 is 4.90 Å². The number of anilines is 1. The molecule has 0 spiro atoms. The van der Waals surface area contributed by atoms with E-state index < -0.39 is 0 Å². The summed E-state index contributed by atoms with van der Waals surface area (Å²) < 4.78 is 1.03. The van der Waals surface area contributed by atoms with Gasteiger partial charge in [-0.25, -0.2) is 0 Å². The summed E-state index contributed by atoms with van der Waals surface area (Å²) >= 11 is 3.61. The van der Waals surface area contributed by atoms with Crippen LogP contribution in [0.4, 0.5) is 5.69 Å². The maximum atomic E-state index is 11.4. The van der Waals surface area contributed by atoms with Crippen LogP contribution in [0.25, 0.3) is 0 Å². The summed E-state index contributed by atoms with van der Waals surface area (Å²) in [5, 5.41) is 0. The van der Waals surface area contributed by atoms with Gasteiger partial charge in [0.15, 0.2) is 5.78 Å². The maximum absolute atomic E-state index is 11.4. The predicted octanol–water partition coefficient (Wildman–Crippen LogP) is 3.18. The lowest BCUT2D eigenvalue weighted by Crippen LogP contribution is -2.47. The molecule has 0 N–H and O–H groups in total. The monoisotopic (exact) mass is 336 g/mol. The molecule has 0 bridgehead atoms. The van der Waals surface area contributed by atoms with Crippen molar-refractivity contribution in [2.45, 2.75) is 19.8 Å². The number of nitrogens with zero attached hydrogens (tertiary/aromatic N) is 2. The molecule has 1 aliphatic carbocycles. The van der Waals surface area contributed by atoms with Gasteiger partial charge in [-0.2, -0.15) is 0 Å². The highest BCUT2D eigenvalue weighted by molar-refractivity contribution is 9.10. The van der Waals surface area contributed by atoms with Crippen LogP contribution in [0.3, 0.4) is 0 Å². The fourth-order valence-corrected chi connectivity index (χ4v) is 3.45. The molecule has 0 aromatic heterocycles. The largest absolute Gasteiger partial charge is 0.368 e. The normalized spacial score (nSPS) is 20.2. The highest BCUT2D eigenvalue weighted by Gasteiger charge is 2.26. The number of rotatable bonds is 4. The highest BCUT2D eigenvalue weighted by atomic mass is 79.9. The molecule has 0 atom stereocenters. The summed E-state index contributed by atoms with van der Waals surface area (Å²) in [6.45, 7) is 7.35. The van der Waals surface area contributed by atoms with E-state index in [9.17, 15) is 4.79 Å². The molecule has 1 saturated heterocycles. The van der Waals surface area contributed by atoms with Crippen molar-refractivity contribution in [2.24, 2.45) is 5.92 Å². The zero-order valence-electron chi connectivity index (χ0n) is 11.9. The molecule has 4 heteroatoms. The van der Waals surface area contributed by atoms with Crippen LogP contribution in [-0.4, -0.2) is 43.4 Å². The van der Waals surface area contributed by atoms with Crippen LogP contribution in [0, 0.1) is 5.92 Å². The third kappa shape index (κ3) is 3.23. The number of halogens is 1. The summed E-state index contributed by atoms with van der Waals surface area (Å²) in [6, 6.07) is 5.94. The summed E-state index contributed by atoms with van der Waals surface area (Å²) in [5.41, 5.74) is 1.98. The van der Waals surface area contributed by atoms with E-state index in [4.69, 9.17) is 0 Å². The van der Waals surface area contributed by atoms with Crippen LogP contribution in [0.2, 0.25) is 0 Å². The Morgan fingerprint density at radius 1 is 1.25 bits per heavy atom. The second-order valence-electron chi connectivity index (χ2n) is 5.95. The van der Waals surface area contributed by atoms with Gasteiger partial charge in [-0.15, -0.1) is 0 Å². The van der Waals surface area contributed by atoms with Gasteiger partial charge in [0.25, 0.3) is 0 Å². The zero-order valence-corrected chi connectivity index (χ0v) is 13.5. The van der Waals surface area contributed by atoms with Gasteiger partial charge in [0.05, 0.1) is 5.69 Å². The van der Waals surface area contributed by atoms with Crippen molar-refractivity contribution in [3.8, 4) is 0 Å². The Hall–Kier alpha value is -0.870. The van der Waals surface area contributed by atoms with Crippen LogP contribution >= 0.6 is 15.9 Å². The van der Waals surface area contributed by atoms with Crippen molar-refractivity contribution in [1.82, 2.24) is 4.90 Å². The number of benzene rings is 1. The van der Waals surface area contributed by atoms with Crippen molar-refractivity contribution in [3.63, 3.8) is 0 Å². The maximum Gasteiger partial charge on any atom is 0.159 e. The van der Waals surface area contributed by atoms with E-state index in [1.54, 1.807) is 6.92 Å². The molecule has 0 unspecified atom stereocenters. The average Bonchev–Trinajstić information content (AvgIpc) is 3.24. The fraction of sp³-hybridized carbons (Fsp3) is 0.562. The summed E-state index contributed by atoms with van der Waals surface area (Å²) in [7, 11) is 0. The molecule has 1 aliphatic heterocycles. The molecule has 1 heterocycles. The van der Waals surface area contributed by atoms with Gasteiger partial charge in [-0.05, 0) is 59.8 Å². The summed E-state index contributed by atoms with van der Waals surface area (Å²) in [5.74, 6) is 1.09. The Morgan fingerprint density at radius 3 is 2.50 bits per heavy atom. The fourth-order valence-electron chi connectivity index (χ4n) is 2.82. The van der Waals surface area contributed by atoms with Gasteiger partial charge in [0, 0.05) is 42.8 Å². The number of piperazine rings is 1. The first kappa shape index (κ1) is 14.1. The molecular weight excluding hydrogens is 316 g/mol. The second-order valence-corrected chi connectivity index (χ2v) is 6.81. The van der Waals surface area contributed by atoms with Crippen LogP contribution in [-0.2, 0) is 0 Å². The van der Waals surface area contributed by atoms with Crippen LogP contribution in [0.5, 0.6) is 0 Å². The van der Waals surface area contributed by atoms with Gasteiger partial charge in [-0.1, -0.05) is 0 Å². The number of carbonyl (C=O) groups excluding carboxylic acids is 1. The lowest BCUT2D eigenvalue weighted by atomic mass is 10.1. The van der Waals surface area contributed by atoms with Gasteiger partial charge in [-0.3, -0.25) is 9.69 Å². The quantitative estimate of drug-likeness (QED) is 0.789. The topological polar surface area (TPSA) is 23.6 Å². The van der Waals surface area contributed by atoms with Crippen molar-refractivity contribution in [1.29, 1.82) is 0 Å². The van der Waals surface area contributed by atoms with Crippen molar-refractivity contribution >= 4 is 27.4 Å². The number of hydrogen-bond donors (Lipinski definition) is 0. The number of carbonyl (C=O) groups is 1. The minimum Gasteiger partial charge on any atom is -0.368 e. The van der Waals surface area contributed by atoms with Crippen molar-refractivity contribution in [3.05, 3.63) is 28.2 Å². The van der Waals surface area contributed by atoms with Crippen molar-refractivity contribution in [2.75, 3.05) is 37.6 Å². The Labute approximate surface area is 129 Å². The third-order valence-corrected chi connectivity index (χ3v) is 4.92. The number of Topliss-reactive ketones (excluding diaryl/α,β-unsaturated/α-hetero) is 1. The van der Waals surface area contributed by atoms with E-state index in [0.29, 0.717) is 0 Å². The Morgan fingerprint density at radius 2 is 1.95 bits per heavy atom. The van der Waals surface area contributed by atoms with E-state index in [0.717, 1.165) is 42.1 Å². The average molecular weight is 337 g/mol. The highest BCUT2D eigenvalue weighted by Crippen LogP contribution is 2.31. The molecule has 2 aliphatic rings. The zero-order chi connectivity index (χ0) is 14.1.